The number of hydrogen-bond donors (Lipinski definition) is 2. The lowest BCUT2D eigenvalue weighted by Gasteiger charge is -2.12. The van der Waals surface area contributed by atoms with Gasteiger partial charge < -0.3 is 5.73 Å². The minimum Gasteiger partial charge on any atom is -0.329 e. The van der Waals surface area contributed by atoms with Crippen LogP contribution in [-0.4, -0.2) is 21.0 Å². The molecule has 90 valence electrons. The molecule has 0 spiro atoms. The van der Waals surface area contributed by atoms with E-state index in [4.69, 9.17) is 17.3 Å². The summed E-state index contributed by atoms with van der Waals surface area (Å²) in [4.78, 5) is 0.157. The maximum atomic E-state index is 11.8. The minimum atomic E-state index is -3.53. The molecule has 16 heavy (non-hydrogen) atoms. The molecule has 1 aromatic carbocycles. The fourth-order valence-electron chi connectivity index (χ4n) is 1.03. The highest BCUT2D eigenvalue weighted by Crippen LogP contribution is 2.25. The van der Waals surface area contributed by atoms with Crippen LogP contribution in [0.3, 0.4) is 0 Å². The van der Waals surface area contributed by atoms with Crippen molar-refractivity contribution in [2.75, 3.05) is 6.54 Å². The molecule has 0 saturated heterocycles. The van der Waals surface area contributed by atoms with E-state index in [-0.39, 0.29) is 17.5 Å². The number of benzene rings is 1. The average molecular weight is 328 g/mol. The zero-order valence-corrected chi connectivity index (χ0v) is 11.7. The van der Waals surface area contributed by atoms with Gasteiger partial charge in [-0.15, -0.1) is 0 Å². The summed E-state index contributed by atoms with van der Waals surface area (Å²) in [6.45, 7) is 1.94. The Labute approximate surface area is 108 Å². The molecule has 4 nitrogen and oxygen atoms in total. The Hall–Kier alpha value is -0.140. The standard InChI is InChI=1S/C9H12BrClN2O2S/c1-6(5-12)13-16(14,15)7-2-3-9(11)8(10)4-7/h2-4,6,13H,5,12H2,1H3/t6-/m0/s1. The van der Waals surface area contributed by atoms with Crippen LogP contribution in [0.5, 0.6) is 0 Å². The number of nitrogens with one attached hydrogen (secondary N) is 1. The number of rotatable bonds is 4. The number of sulfonamides is 1. The summed E-state index contributed by atoms with van der Waals surface area (Å²) < 4.78 is 26.7. The zero-order valence-electron chi connectivity index (χ0n) is 8.57. The number of hydrogen-bond acceptors (Lipinski definition) is 3. The van der Waals surface area contributed by atoms with E-state index >= 15 is 0 Å². The van der Waals surface area contributed by atoms with Crippen LogP contribution < -0.4 is 10.5 Å². The fraction of sp³-hybridized carbons (Fsp3) is 0.333. The average Bonchev–Trinajstić information content (AvgIpc) is 2.21. The number of nitrogens with two attached hydrogens (primary N) is 1. The van der Waals surface area contributed by atoms with Gasteiger partial charge in [0, 0.05) is 17.1 Å². The molecule has 1 aromatic rings. The molecule has 0 bridgehead atoms. The van der Waals surface area contributed by atoms with Crippen molar-refractivity contribution in [3.8, 4) is 0 Å². The molecule has 0 fully saturated rings. The largest absolute Gasteiger partial charge is 0.329 e. The molecule has 0 aliphatic rings. The Balaban J connectivity index is 3.03. The third-order valence-electron chi connectivity index (χ3n) is 1.91. The second-order valence-electron chi connectivity index (χ2n) is 3.33. The van der Waals surface area contributed by atoms with E-state index in [9.17, 15) is 8.42 Å². The van der Waals surface area contributed by atoms with Gasteiger partial charge in [0.15, 0.2) is 0 Å². The van der Waals surface area contributed by atoms with Gasteiger partial charge in [-0.3, -0.25) is 0 Å². The summed E-state index contributed by atoms with van der Waals surface area (Å²) in [5.74, 6) is 0. The monoisotopic (exact) mass is 326 g/mol. The molecule has 1 rings (SSSR count). The maximum absolute atomic E-state index is 11.8. The van der Waals surface area contributed by atoms with Gasteiger partial charge in [-0.1, -0.05) is 11.6 Å². The summed E-state index contributed by atoms with van der Waals surface area (Å²) in [6.07, 6.45) is 0. The van der Waals surface area contributed by atoms with Gasteiger partial charge in [0.2, 0.25) is 10.0 Å². The lowest BCUT2D eigenvalue weighted by atomic mass is 10.4. The van der Waals surface area contributed by atoms with E-state index in [1.54, 1.807) is 6.92 Å². The normalized spacial score (nSPS) is 13.8. The van der Waals surface area contributed by atoms with Crippen LogP contribution >= 0.6 is 27.5 Å². The van der Waals surface area contributed by atoms with Crippen molar-refractivity contribution in [1.29, 1.82) is 0 Å². The summed E-state index contributed by atoms with van der Waals surface area (Å²) in [5.41, 5.74) is 5.35. The van der Waals surface area contributed by atoms with Crippen LogP contribution in [0.15, 0.2) is 27.6 Å². The predicted molar refractivity (Wildman–Crippen MR) is 68.0 cm³/mol. The van der Waals surface area contributed by atoms with Crippen LogP contribution in [0.2, 0.25) is 5.02 Å². The van der Waals surface area contributed by atoms with Crippen molar-refractivity contribution < 1.29 is 8.42 Å². The van der Waals surface area contributed by atoms with Crippen molar-refractivity contribution in [3.05, 3.63) is 27.7 Å². The fourth-order valence-corrected chi connectivity index (χ4v) is 2.96. The van der Waals surface area contributed by atoms with Crippen molar-refractivity contribution in [2.24, 2.45) is 5.73 Å². The highest BCUT2D eigenvalue weighted by Gasteiger charge is 2.17. The molecule has 0 heterocycles. The molecular formula is C9H12BrClN2O2S. The first-order chi connectivity index (χ1) is 7.36. The van der Waals surface area contributed by atoms with Crippen LogP contribution in [0.25, 0.3) is 0 Å². The van der Waals surface area contributed by atoms with Crippen LogP contribution in [0.1, 0.15) is 6.92 Å². The van der Waals surface area contributed by atoms with Gasteiger partial charge in [-0.2, -0.15) is 0 Å². The highest BCUT2D eigenvalue weighted by molar-refractivity contribution is 9.10. The van der Waals surface area contributed by atoms with E-state index in [2.05, 4.69) is 20.7 Å². The third-order valence-corrected chi connectivity index (χ3v) is 4.71. The van der Waals surface area contributed by atoms with E-state index in [1.165, 1.54) is 18.2 Å². The predicted octanol–water partition coefficient (Wildman–Crippen LogP) is 1.73. The SMILES string of the molecule is C[C@@H](CN)NS(=O)(=O)c1ccc(Cl)c(Br)c1. The Morgan fingerprint density at radius 2 is 2.19 bits per heavy atom. The van der Waals surface area contributed by atoms with Crippen LogP contribution in [-0.2, 0) is 10.0 Å². The zero-order chi connectivity index (χ0) is 12.3. The maximum Gasteiger partial charge on any atom is 0.240 e. The molecule has 0 aliphatic heterocycles. The van der Waals surface area contributed by atoms with Crippen molar-refractivity contribution in [1.82, 2.24) is 4.72 Å². The van der Waals surface area contributed by atoms with Gasteiger partial charge in [-0.25, -0.2) is 13.1 Å². The molecule has 3 N–H and O–H groups in total. The summed E-state index contributed by atoms with van der Waals surface area (Å²) in [7, 11) is -3.53. The molecule has 0 radical (unpaired) electrons. The van der Waals surface area contributed by atoms with Crippen LogP contribution in [0, 0.1) is 0 Å². The first-order valence-electron chi connectivity index (χ1n) is 4.54. The topological polar surface area (TPSA) is 72.2 Å². The number of halogens is 2. The Bertz CT molecular complexity index is 478. The molecule has 7 heteroatoms. The van der Waals surface area contributed by atoms with E-state index < -0.39 is 10.0 Å². The summed E-state index contributed by atoms with van der Waals surface area (Å²) in [5, 5.41) is 0.464. The molecular weight excluding hydrogens is 316 g/mol. The van der Waals surface area contributed by atoms with Crippen molar-refractivity contribution >= 4 is 37.6 Å². The first kappa shape index (κ1) is 13.9. The second-order valence-corrected chi connectivity index (χ2v) is 6.31. The lowest BCUT2D eigenvalue weighted by Crippen LogP contribution is -2.37. The molecule has 1 atom stereocenters. The molecule has 0 unspecified atom stereocenters. The van der Waals surface area contributed by atoms with Gasteiger partial charge in [-0.05, 0) is 41.1 Å². The first-order valence-corrected chi connectivity index (χ1v) is 7.19. The summed E-state index contributed by atoms with van der Waals surface area (Å²) >= 11 is 8.95. The Morgan fingerprint density at radius 1 is 1.56 bits per heavy atom. The molecule has 0 saturated carbocycles. The molecule has 0 aromatic heterocycles. The third kappa shape index (κ3) is 3.43. The quantitative estimate of drug-likeness (QED) is 0.884. The lowest BCUT2D eigenvalue weighted by molar-refractivity contribution is 0.562. The van der Waals surface area contributed by atoms with Gasteiger partial charge in [0.1, 0.15) is 0 Å². The van der Waals surface area contributed by atoms with Gasteiger partial charge >= 0.3 is 0 Å². The van der Waals surface area contributed by atoms with Gasteiger partial charge in [0.05, 0.1) is 9.92 Å². The van der Waals surface area contributed by atoms with E-state index in [0.717, 1.165) is 0 Å². The Morgan fingerprint density at radius 3 is 2.69 bits per heavy atom. The van der Waals surface area contributed by atoms with Crippen molar-refractivity contribution in [3.63, 3.8) is 0 Å². The molecule has 0 amide bonds. The van der Waals surface area contributed by atoms with E-state index in [0.29, 0.717) is 9.50 Å². The van der Waals surface area contributed by atoms with Crippen molar-refractivity contribution in [2.45, 2.75) is 17.9 Å². The highest BCUT2D eigenvalue weighted by atomic mass is 79.9. The second kappa shape index (κ2) is 5.46. The van der Waals surface area contributed by atoms with E-state index in [1.807, 2.05) is 0 Å². The summed E-state index contributed by atoms with van der Waals surface area (Å²) in [6, 6.07) is 4.11. The Kier molecular flexibility index (Phi) is 4.75. The van der Waals surface area contributed by atoms with Gasteiger partial charge in [0.25, 0.3) is 0 Å². The molecule has 0 aliphatic carbocycles. The smallest absolute Gasteiger partial charge is 0.240 e. The van der Waals surface area contributed by atoms with Crippen LogP contribution in [0.4, 0.5) is 0 Å². The minimum absolute atomic E-state index is 0.157.